The van der Waals surface area contributed by atoms with Crippen molar-refractivity contribution in [2.24, 2.45) is 17.8 Å². The Balaban J connectivity index is 1.96. The molecule has 2 amide bonds. The minimum atomic E-state index is -0.747. The van der Waals surface area contributed by atoms with Crippen LogP contribution in [0, 0.1) is 17.8 Å². The number of ether oxygens (including phenoxy) is 1. The quantitative estimate of drug-likeness (QED) is 0.333. The van der Waals surface area contributed by atoms with Gasteiger partial charge in [0.15, 0.2) is 0 Å². The van der Waals surface area contributed by atoms with Gasteiger partial charge in [0.05, 0.1) is 11.8 Å². The molecule has 0 spiro atoms. The van der Waals surface area contributed by atoms with Crippen LogP contribution >= 0.6 is 0 Å². The molecule has 0 saturated heterocycles. The lowest BCUT2D eigenvalue weighted by Crippen LogP contribution is -2.50. The standard InChI is InChI=1S/C32H42N2O4/c1-8-14-24(31(37)38-32(4,5)6)26(19-21(2)3)29(35)33-27-20-25(22-15-10-9-11-16-22)23-17-12-13-18-28(23)34(7)30(27)36/h8-13,15-18,21,24-27H,1,14,19-20H2,2-7H3,(H,33,35)/t24-,25?,26+,27?/m0/s1. The zero-order valence-corrected chi connectivity index (χ0v) is 23.6. The molecule has 0 aromatic heterocycles. The Bertz CT molecular complexity index is 1140. The van der Waals surface area contributed by atoms with Crippen LogP contribution in [0.4, 0.5) is 5.69 Å². The van der Waals surface area contributed by atoms with Gasteiger partial charge in [0.2, 0.25) is 11.8 Å². The van der Waals surface area contributed by atoms with E-state index < -0.39 is 29.4 Å². The van der Waals surface area contributed by atoms with E-state index in [0.717, 1.165) is 16.8 Å². The van der Waals surface area contributed by atoms with Crippen LogP contribution in [0.5, 0.6) is 0 Å². The minimum Gasteiger partial charge on any atom is -0.460 e. The molecule has 1 aliphatic heterocycles. The molecule has 0 bridgehead atoms. The number of benzene rings is 2. The molecular formula is C32H42N2O4. The fourth-order valence-corrected chi connectivity index (χ4v) is 5.25. The van der Waals surface area contributed by atoms with Gasteiger partial charge >= 0.3 is 5.97 Å². The number of fused-ring (bicyclic) bond motifs is 1. The molecular weight excluding hydrogens is 476 g/mol. The smallest absolute Gasteiger partial charge is 0.310 e. The van der Waals surface area contributed by atoms with Crippen molar-refractivity contribution in [1.29, 1.82) is 0 Å². The van der Waals surface area contributed by atoms with Gasteiger partial charge in [-0.2, -0.15) is 0 Å². The average Bonchev–Trinajstić information content (AvgIpc) is 2.96. The third-order valence-electron chi connectivity index (χ3n) is 6.97. The molecule has 2 aromatic carbocycles. The molecule has 204 valence electrons. The number of carbonyl (C=O) groups excluding carboxylic acids is 3. The largest absolute Gasteiger partial charge is 0.460 e. The first-order valence-electron chi connectivity index (χ1n) is 13.5. The van der Waals surface area contributed by atoms with E-state index in [-0.39, 0.29) is 23.7 Å². The van der Waals surface area contributed by atoms with Crippen LogP contribution in [-0.2, 0) is 19.1 Å². The van der Waals surface area contributed by atoms with Crippen LogP contribution < -0.4 is 10.2 Å². The van der Waals surface area contributed by atoms with Crippen molar-refractivity contribution in [2.75, 3.05) is 11.9 Å². The van der Waals surface area contributed by atoms with Crippen LogP contribution in [0.2, 0.25) is 0 Å². The molecule has 4 atom stereocenters. The van der Waals surface area contributed by atoms with E-state index in [1.165, 1.54) is 0 Å². The zero-order chi connectivity index (χ0) is 28.0. The number of carbonyl (C=O) groups is 3. The van der Waals surface area contributed by atoms with E-state index in [2.05, 4.69) is 24.0 Å². The molecule has 6 heteroatoms. The highest BCUT2D eigenvalue weighted by atomic mass is 16.6. The number of para-hydroxylation sites is 1. The van der Waals surface area contributed by atoms with Crippen LogP contribution in [-0.4, -0.2) is 36.5 Å². The van der Waals surface area contributed by atoms with E-state index in [4.69, 9.17) is 4.74 Å². The fraction of sp³-hybridized carbons (Fsp3) is 0.469. The molecule has 1 N–H and O–H groups in total. The van der Waals surface area contributed by atoms with Gasteiger partial charge in [-0.1, -0.05) is 68.5 Å². The molecule has 2 unspecified atom stereocenters. The Labute approximate surface area is 227 Å². The number of hydrogen-bond acceptors (Lipinski definition) is 4. The summed E-state index contributed by atoms with van der Waals surface area (Å²) in [6, 6.07) is 17.2. The third kappa shape index (κ3) is 7.12. The van der Waals surface area contributed by atoms with Gasteiger partial charge in [0.25, 0.3) is 0 Å². The normalized spacial score (nSPS) is 19.2. The Morgan fingerprint density at radius 2 is 1.71 bits per heavy atom. The van der Waals surface area contributed by atoms with Crippen molar-refractivity contribution in [3.05, 3.63) is 78.4 Å². The lowest BCUT2D eigenvalue weighted by molar-refractivity contribution is -0.164. The number of nitrogens with zero attached hydrogens (tertiary/aromatic N) is 1. The van der Waals surface area contributed by atoms with Crippen LogP contribution in [0.3, 0.4) is 0 Å². The Kier molecular flexibility index (Phi) is 9.53. The van der Waals surface area contributed by atoms with Gasteiger partial charge in [-0.3, -0.25) is 14.4 Å². The summed E-state index contributed by atoms with van der Waals surface area (Å²) in [6.45, 7) is 13.3. The molecule has 2 aromatic rings. The summed E-state index contributed by atoms with van der Waals surface area (Å²) in [6.07, 6.45) is 2.88. The highest BCUT2D eigenvalue weighted by molar-refractivity contribution is 6.01. The van der Waals surface area contributed by atoms with Crippen molar-refractivity contribution in [2.45, 2.75) is 71.4 Å². The Morgan fingerprint density at radius 3 is 2.32 bits per heavy atom. The molecule has 0 aliphatic carbocycles. The van der Waals surface area contributed by atoms with Crippen molar-refractivity contribution in [3.63, 3.8) is 0 Å². The Morgan fingerprint density at radius 1 is 1.08 bits per heavy atom. The summed E-state index contributed by atoms with van der Waals surface area (Å²) >= 11 is 0. The first-order chi connectivity index (χ1) is 17.9. The number of amides is 2. The summed E-state index contributed by atoms with van der Waals surface area (Å²) in [4.78, 5) is 42.4. The van der Waals surface area contributed by atoms with Gasteiger partial charge in [-0.25, -0.2) is 0 Å². The summed E-state index contributed by atoms with van der Waals surface area (Å²) < 4.78 is 5.69. The van der Waals surface area contributed by atoms with Crippen LogP contribution in [0.1, 0.15) is 70.9 Å². The number of nitrogens with one attached hydrogen (secondary N) is 1. The van der Waals surface area contributed by atoms with Gasteiger partial charge < -0.3 is 15.0 Å². The van der Waals surface area contributed by atoms with Crippen molar-refractivity contribution < 1.29 is 19.1 Å². The van der Waals surface area contributed by atoms with Gasteiger partial charge in [-0.15, -0.1) is 6.58 Å². The molecule has 38 heavy (non-hydrogen) atoms. The molecule has 0 saturated carbocycles. The predicted octanol–water partition coefficient (Wildman–Crippen LogP) is 5.87. The second kappa shape index (κ2) is 12.4. The van der Waals surface area contributed by atoms with E-state index in [0.29, 0.717) is 19.3 Å². The maximum Gasteiger partial charge on any atom is 0.310 e. The predicted molar refractivity (Wildman–Crippen MR) is 152 cm³/mol. The van der Waals surface area contributed by atoms with E-state index in [9.17, 15) is 14.4 Å². The molecule has 0 radical (unpaired) electrons. The maximum absolute atomic E-state index is 13.9. The minimum absolute atomic E-state index is 0.0787. The number of anilines is 1. The summed E-state index contributed by atoms with van der Waals surface area (Å²) in [5.74, 6) is -2.15. The van der Waals surface area contributed by atoms with Crippen molar-refractivity contribution in [1.82, 2.24) is 5.32 Å². The summed E-state index contributed by atoms with van der Waals surface area (Å²) in [5, 5.41) is 3.06. The second-order valence-corrected chi connectivity index (χ2v) is 11.6. The van der Waals surface area contributed by atoms with Crippen LogP contribution in [0.25, 0.3) is 0 Å². The lowest BCUT2D eigenvalue weighted by atomic mass is 9.81. The van der Waals surface area contributed by atoms with Gasteiger partial charge in [0.1, 0.15) is 11.6 Å². The maximum atomic E-state index is 13.9. The fourth-order valence-electron chi connectivity index (χ4n) is 5.25. The van der Waals surface area contributed by atoms with Crippen molar-refractivity contribution >= 4 is 23.5 Å². The second-order valence-electron chi connectivity index (χ2n) is 11.6. The third-order valence-corrected chi connectivity index (χ3v) is 6.97. The first kappa shape index (κ1) is 29.2. The summed E-state index contributed by atoms with van der Waals surface area (Å²) in [5.41, 5.74) is 2.28. The zero-order valence-electron chi connectivity index (χ0n) is 23.6. The van der Waals surface area contributed by atoms with Crippen molar-refractivity contribution in [3.8, 4) is 0 Å². The van der Waals surface area contributed by atoms with Gasteiger partial charge in [0, 0.05) is 18.7 Å². The van der Waals surface area contributed by atoms with E-state index in [1.54, 1.807) is 18.0 Å². The number of hydrogen-bond donors (Lipinski definition) is 1. The number of esters is 1. The highest BCUT2D eigenvalue weighted by Crippen LogP contribution is 2.39. The monoisotopic (exact) mass is 518 g/mol. The lowest BCUT2D eigenvalue weighted by Gasteiger charge is -2.31. The molecule has 1 aliphatic rings. The number of rotatable bonds is 9. The molecule has 0 fully saturated rings. The molecule has 1 heterocycles. The SMILES string of the molecule is C=CC[C@H](C(=O)OC(C)(C)C)[C@@H](CC(C)C)C(=O)NC1CC(c2ccccc2)c2ccccc2N(C)C1=O. The highest BCUT2D eigenvalue weighted by Gasteiger charge is 2.40. The summed E-state index contributed by atoms with van der Waals surface area (Å²) in [7, 11) is 1.75. The van der Waals surface area contributed by atoms with Gasteiger partial charge in [-0.05, 0) is 63.1 Å². The average molecular weight is 519 g/mol. The van der Waals surface area contributed by atoms with E-state index >= 15 is 0 Å². The topological polar surface area (TPSA) is 75.7 Å². The molecule has 3 rings (SSSR count). The Hall–Kier alpha value is -3.41. The van der Waals surface area contributed by atoms with E-state index in [1.807, 2.05) is 77.1 Å². The molecule has 6 nitrogen and oxygen atoms in total. The first-order valence-corrected chi connectivity index (χ1v) is 13.5. The van der Waals surface area contributed by atoms with Crippen LogP contribution in [0.15, 0.2) is 67.3 Å². The number of allylic oxidation sites excluding steroid dienone is 1. The number of likely N-dealkylation sites (N-methyl/N-ethyl adjacent to an activating group) is 1.